The van der Waals surface area contributed by atoms with E-state index in [1.54, 1.807) is 11.3 Å². The maximum Gasteiger partial charge on any atom is 0.309 e. The number of aliphatic carboxylic acids is 1. The minimum Gasteiger partial charge on any atom is -0.481 e. The first-order valence-corrected chi connectivity index (χ1v) is 6.47. The molecule has 2 rings (SSSR count). The van der Waals surface area contributed by atoms with E-state index in [9.17, 15) is 4.79 Å². The topological polar surface area (TPSA) is 46.5 Å². The van der Waals surface area contributed by atoms with E-state index >= 15 is 0 Å². The molecule has 2 atom stereocenters. The van der Waals surface area contributed by atoms with Crippen LogP contribution in [0.2, 0.25) is 0 Å². The van der Waals surface area contributed by atoms with E-state index in [2.05, 4.69) is 13.0 Å². The number of hydrogen-bond donors (Lipinski definition) is 1. The first kappa shape index (κ1) is 11.6. The van der Waals surface area contributed by atoms with Gasteiger partial charge in [0.2, 0.25) is 0 Å². The van der Waals surface area contributed by atoms with Crippen molar-refractivity contribution in [3.8, 4) is 0 Å². The zero-order valence-corrected chi connectivity index (χ0v) is 10.1. The van der Waals surface area contributed by atoms with E-state index in [0.29, 0.717) is 6.61 Å². The summed E-state index contributed by atoms with van der Waals surface area (Å²) in [6.07, 6.45) is 2.32. The van der Waals surface area contributed by atoms with Crippen molar-refractivity contribution in [3.63, 3.8) is 0 Å². The minimum absolute atomic E-state index is 0.239. The molecule has 0 radical (unpaired) electrons. The number of carboxylic acids is 1. The number of thiophene rings is 1. The van der Waals surface area contributed by atoms with E-state index in [1.165, 1.54) is 4.88 Å². The van der Waals surface area contributed by atoms with Gasteiger partial charge in [0.15, 0.2) is 0 Å². The van der Waals surface area contributed by atoms with E-state index in [4.69, 9.17) is 9.84 Å². The zero-order valence-electron chi connectivity index (χ0n) is 9.31. The van der Waals surface area contributed by atoms with Crippen LogP contribution in [0, 0.1) is 5.92 Å². The molecule has 0 aromatic carbocycles. The summed E-state index contributed by atoms with van der Waals surface area (Å²) in [7, 11) is 0. The van der Waals surface area contributed by atoms with Crippen LogP contribution in [0.4, 0.5) is 0 Å². The van der Waals surface area contributed by atoms with Crippen molar-refractivity contribution in [2.75, 3.05) is 6.61 Å². The van der Waals surface area contributed by atoms with Crippen molar-refractivity contribution < 1.29 is 14.6 Å². The fourth-order valence-corrected chi connectivity index (χ4v) is 3.12. The van der Waals surface area contributed by atoms with Gasteiger partial charge in [-0.15, -0.1) is 11.3 Å². The summed E-state index contributed by atoms with van der Waals surface area (Å²) in [4.78, 5) is 13.5. The lowest BCUT2D eigenvalue weighted by Crippen LogP contribution is -2.28. The molecule has 1 aliphatic heterocycles. The molecule has 1 aromatic heterocycles. The molecule has 1 aromatic rings. The second kappa shape index (κ2) is 4.97. The third-order valence-corrected chi connectivity index (χ3v) is 4.24. The lowest BCUT2D eigenvalue weighted by atomic mass is 9.93. The van der Waals surface area contributed by atoms with Crippen molar-refractivity contribution in [1.29, 1.82) is 0 Å². The molecule has 0 saturated carbocycles. The molecule has 1 aliphatic rings. The molecule has 1 N–H and O–H groups in total. The van der Waals surface area contributed by atoms with Crippen LogP contribution >= 0.6 is 11.3 Å². The van der Waals surface area contributed by atoms with Crippen molar-refractivity contribution in [1.82, 2.24) is 0 Å². The maximum atomic E-state index is 11.1. The van der Waals surface area contributed by atoms with Gasteiger partial charge in [0.05, 0.1) is 5.92 Å². The summed E-state index contributed by atoms with van der Waals surface area (Å²) >= 11 is 1.67. The van der Waals surface area contributed by atoms with Gasteiger partial charge in [0, 0.05) is 16.4 Å². The summed E-state index contributed by atoms with van der Waals surface area (Å²) in [6, 6.07) is 4.08. The highest BCUT2D eigenvalue weighted by atomic mass is 32.1. The highest BCUT2D eigenvalue weighted by Gasteiger charge is 2.33. The molecule has 2 unspecified atom stereocenters. The summed E-state index contributed by atoms with van der Waals surface area (Å²) in [5.41, 5.74) is 0. The number of carbonyl (C=O) groups is 1. The summed E-state index contributed by atoms with van der Waals surface area (Å²) in [5, 5.41) is 9.16. The fourth-order valence-electron chi connectivity index (χ4n) is 2.05. The van der Waals surface area contributed by atoms with Gasteiger partial charge < -0.3 is 9.84 Å². The number of carboxylic acid groups (broad SMARTS) is 1. The molecule has 3 nitrogen and oxygen atoms in total. The van der Waals surface area contributed by atoms with Crippen molar-refractivity contribution >= 4 is 17.3 Å². The van der Waals surface area contributed by atoms with Crippen LogP contribution in [0.5, 0.6) is 0 Å². The van der Waals surface area contributed by atoms with Crippen LogP contribution in [-0.4, -0.2) is 17.7 Å². The summed E-state index contributed by atoms with van der Waals surface area (Å²) in [6.45, 7) is 2.78. The van der Waals surface area contributed by atoms with Gasteiger partial charge in [-0.3, -0.25) is 4.79 Å². The normalized spacial score (nSPS) is 25.6. The van der Waals surface area contributed by atoms with Crippen LogP contribution in [0.3, 0.4) is 0 Å². The monoisotopic (exact) mass is 240 g/mol. The Morgan fingerprint density at radius 1 is 1.62 bits per heavy atom. The lowest BCUT2D eigenvalue weighted by Gasteiger charge is -2.28. The highest BCUT2D eigenvalue weighted by Crippen LogP contribution is 2.37. The molecule has 0 aliphatic carbocycles. The van der Waals surface area contributed by atoms with Gasteiger partial charge >= 0.3 is 5.97 Å². The van der Waals surface area contributed by atoms with Gasteiger partial charge in [-0.25, -0.2) is 0 Å². The number of aryl methyl sites for hydroxylation is 1. The molecule has 88 valence electrons. The smallest absolute Gasteiger partial charge is 0.309 e. The zero-order chi connectivity index (χ0) is 11.5. The second-order valence-corrected chi connectivity index (χ2v) is 5.24. The van der Waals surface area contributed by atoms with Crippen LogP contribution in [0.25, 0.3) is 0 Å². The standard InChI is InChI=1S/C12H16O3S/c1-2-8-5-6-10(16-8)11-9(12(13)14)4-3-7-15-11/h5-6,9,11H,2-4,7H2,1H3,(H,13,14). The largest absolute Gasteiger partial charge is 0.481 e. The van der Waals surface area contributed by atoms with Crippen molar-refractivity contribution in [3.05, 3.63) is 21.9 Å². The molecule has 16 heavy (non-hydrogen) atoms. The Labute approximate surface area is 99.1 Å². The average molecular weight is 240 g/mol. The maximum absolute atomic E-state index is 11.1. The lowest BCUT2D eigenvalue weighted by molar-refractivity contribution is -0.151. The molecule has 1 saturated heterocycles. The molecule has 0 bridgehead atoms. The van der Waals surface area contributed by atoms with Gasteiger partial charge in [-0.1, -0.05) is 6.92 Å². The van der Waals surface area contributed by atoms with Crippen LogP contribution < -0.4 is 0 Å². The number of ether oxygens (including phenoxy) is 1. The SMILES string of the molecule is CCc1ccc(C2OCCCC2C(=O)O)s1. The average Bonchev–Trinajstić information content (AvgIpc) is 2.77. The molecular formula is C12H16O3S. The Bertz CT molecular complexity index is 372. The van der Waals surface area contributed by atoms with Crippen LogP contribution in [-0.2, 0) is 16.0 Å². The molecule has 4 heteroatoms. The van der Waals surface area contributed by atoms with E-state index in [0.717, 1.165) is 24.1 Å². The van der Waals surface area contributed by atoms with E-state index < -0.39 is 5.97 Å². The van der Waals surface area contributed by atoms with Crippen LogP contribution in [0.1, 0.15) is 35.6 Å². The predicted octanol–water partition coefficient (Wildman–Crippen LogP) is 2.86. The molecule has 2 heterocycles. The fraction of sp³-hybridized carbons (Fsp3) is 0.583. The number of hydrogen-bond acceptors (Lipinski definition) is 3. The highest BCUT2D eigenvalue weighted by molar-refractivity contribution is 7.12. The molecule has 1 fully saturated rings. The van der Waals surface area contributed by atoms with Gasteiger partial charge in [0.1, 0.15) is 6.10 Å². The Kier molecular flexibility index (Phi) is 3.61. The molecule has 0 spiro atoms. The number of rotatable bonds is 3. The molecule has 0 amide bonds. The second-order valence-electron chi connectivity index (χ2n) is 4.04. The third-order valence-electron chi connectivity index (χ3n) is 2.95. The first-order chi connectivity index (χ1) is 7.72. The van der Waals surface area contributed by atoms with Gasteiger partial charge in [-0.05, 0) is 31.4 Å². The summed E-state index contributed by atoms with van der Waals surface area (Å²) in [5.74, 6) is -1.12. The van der Waals surface area contributed by atoms with Gasteiger partial charge in [-0.2, -0.15) is 0 Å². The summed E-state index contributed by atoms with van der Waals surface area (Å²) < 4.78 is 5.63. The third kappa shape index (κ3) is 2.28. The Morgan fingerprint density at radius 3 is 3.06 bits per heavy atom. The predicted molar refractivity (Wildman–Crippen MR) is 62.7 cm³/mol. The minimum atomic E-state index is -0.740. The van der Waals surface area contributed by atoms with Crippen LogP contribution in [0.15, 0.2) is 12.1 Å². The molecular weight excluding hydrogens is 224 g/mol. The Balaban J connectivity index is 2.19. The van der Waals surface area contributed by atoms with E-state index in [-0.39, 0.29) is 12.0 Å². The van der Waals surface area contributed by atoms with Crippen molar-refractivity contribution in [2.45, 2.75) is 32.3 Å². The first-order valence-electron chi connectivity index (χ1n) is 5.65. The Hall–Kier alpha value is -0.870. The van der Waals surface area contributed by atoms with Gasteiger partial charge in [0.25, 0.3) is 0 Å². The van der Waals surface area contributed by atoms with Crippen molar-refractivity contribution in [2.24, 2.45) is 5.92 Å². The quantitative estimate of drug-likeness (QED) is 0.883. The van der Waals surface area contributed by atoms with E-state index in [1.807, 2.05) is 6.07 Å². The Morgan fingerprint density at radius 2 is 2.44 bits per heavy atom.